The van der Waals surface area contributed by atoms with Gasteiger partial charge in [0.2, 0.25) is 0 Å². The highest BCUT2D eigenvalue weighted by molar-refractivity contribution is 7.17. The minimum absolute atomic E-state index is 0.0281. The van der Waals surface area contributed by atoms with Gasteiger partial charge in [-0.25, -0.2) is 4.98 Å². The fourth-order valence-electron chi connectivity index (χ4n) is 4.15. The molecule has 1 aliphatic rings. The summed E-state index contributed by atoms with van der Waals surface area (Å²) >= 11 is 4.77. The number of carbonyl (C=O) groups excluding carboxylic acids is 1. The van der Waals surface area contributed by atoms with Crippen molar-refractivity contribution in [3.05, 3.63) is 73.0 Å². The fraction of sp³-hybridized carbons (Fsp3) is 0.250. The van der Waals surface area contributed by atoms with Crippen LogP contribution in [0, 0.1) is 6.92 Å². The third kappa shape index (κ3) is 3.62. The molecular formula is C24H22N2O3S3. The van der Waals surface area contributed by atoms with Gasteiger partial charge in [0.1, 0.15) is 9.88 Å². The van der Waals surface area contributed by atoms with Crippen molar-refractivity contribution in [1.29, 1.82) is 0 Å². The first-order valence-corrected chi connectivity index (χ1v) is 12.8. The van der Waals surface area contributed by atoms with Crippen LogP contribution in [0.4, 0.5) is 0 Å². The van der Waals surface area contributed by atoms with E-state index in [2.05, 4.69) is 16.8 Å². The highest BCUT2D eigenvalue weighted by atomic mass is 32.1. The lowest BCUT2D eigenvalue weighted by molar-refractivity contribution is 0.0701. The molecule has 5 rings (SSSR count). The van der Waals surface area contributed by atoms with Crippen molar-refractivity contribution in [3.8, 4) is 22.1 Å². The molecule has 1 atom stereocenters. The Kier molecular flexibility index (Phi) is 5.75. The van der Waals surface area contributed by atoms with Gasteiger partial charge in [0.05, 0.1) is 26.0 Å². The Balaban J connectivity index is 1.58. The molecule has 0 saturated heterocycles. The van der Waals surface area contributed by atoms with Crippen molar-refractivity contribution >= 4 is 39.9 Å². The molecule has 0 saturated carbocycles. The second-order valence-corrected chi connectivity index (χ2v) is 10.3. The number of ether oxygens (including phenoxy) is 2. The van der Waals surface area contributed by atoms with E-state index < -0.39 is 0 Å². The van der Waals surface area contributed by atoms with Gasteiger partial charge >= 0.3 is 0 Å². The number of aryl methyl sites for hydroxylation is 1. The van der Waals surface area contributed by atoms with Gasteiger partial charge in [0.25, 0.3) is 5.91 Å². The molecular weight excluding hydrogens is 460 g/mol. The van der Waals surface area contributed by atoms with Crippen molar-refractivity contribution in [1.82, 2.24) is 9.88 Å². The molecule has 164 valence electrons. The number of rotatable bonds is 5. The van der Waals surface area contributed by atoms with Gasteiger partial charge in [0.15, 0.2) is 11.5 Å². The van der Waals surface area contributed by atoms with E-state index in [1.54, 1.807) is 36.9 Å². The number of thiazole rings is 1. The van der Waals surface area contributed by atoms with E-state index in [9.17, 15) is 4.79 Å². The number of thiophene rings is 2. The Morgan fingerprint density at radius 3 is 2.66 bits per heavy atom. The fourth-order valence-corrected chi connectivity index (χ4v) is 6.74. The van der Waals surface area contributed by atoms with Gasteiger partial charge in [-0.1, -0.05) is 6.07 Å². The molecule has 4 aromatic rings. The summed E-state index contributed by atoms with van der Waals surface area (Å²) in [6.45, 7) is 2.56. The average molecular weight is 483 g/mol. The van der Waals surface area contributed by atoms with Gasteiger partial charge in [-0.3, -0.25) is 4.79 Å². The summed E-state index contributed by atoms with van der Waals surface area (Å²) in [5, 5.41) is 7.05. The number of carbonyl (C=O) groups is 1. The van der Waals surface area contributed by atoms with Crippen LogP contribution < -0.4 is 9.47 Å². The second-order valence-electron chi connectivity index (χ2n) is 7.52. The zero-order valence-corrected chi connectivity index (χ0v) is 20.4. The molecule has 4 heterocycles. The third-order valence-electron chi connectivity index (χ3n) is 5.71. The zero-order valence-electron chi connectivity index (χ0n) is 18.0. The van der Waals surface area contributed by atoms with Crippen LogP contribution in [-0.2, 0) is 6.42 Å². The van der Waals surface area contributed by atoms with Crippen molar-refractivity contribution in [2.24, 2.45) is 0 Å². The van der Waals surface area contributed by atoms with E-state index in [0.29, 0.717) is 17.2 Å². The summed E-state index contributed by atoms with van der Waals surface area (Å²) in [7, 11) is 3.29. The molecule has 8 heteroatoms. The Morgan fingerprint density at radius 2 is 1.97 bits per heavy atom. The van der Waals surface area contributed by atoms with Crippen LogP contribution in [-0.4, -0.2) is 36.6 Å². The van der Waals surface area contributed by atoms with E-state index in [1.807, 2.05) is 41.5 Å². The van der Waals surface area contributed by atoms with Gasteiger partial charge in [0, 0.05) is 22.4 Å². The third-order valence-corrected chi connectivity index (χ3v) is 8.51. The lowest BCUT2D eigenvalue weighted by Crippen LogP contribution is -2.40. The maximum absolute atomic E-state index is 13.8. The molecule has 5 nitrogen and oxygen atoms in total. The Morgan fingerprint density at radius 1 is 1.16 bits per heavy atom. The van der Waals surface area contributed by atoms with Gasteiger partial charge < -0.3 is 14.4 Å². The van der Waals surface area contributed by atoms with Crippen LogP contribution in [0.3, 0.4) is 0 Å². The summed E-state index contributed by atoms with van der Waals surface area (Å²) < 4.78 is 11.1. The molecule has 1 amide bonds. The van der Waals surface area contributed by atoms with Crippen LogP contribution in [0.5, 0.6) is 11.5 Å². The zero-order chi connectivity index (χ0) is 22.2. The van der Waals surface area contributed by atoms with Crippen LogP contribution in [0.15, 0.2) is 46.5 Å². The van der Waals surface area contributed by atoms with Gasteiger partial charge in [-0.05, 0) is 59.5 Å². The van der Waals surface area contributed by atoms with Crippen molar-refractivity contribution < 1.29 is 14.3 Å². The molecule has 0 aliphatic carbocycles. The first kappa shape index (κ1) is 21.2. The second kappa shape index (κ2) is 8.69. The van der Waals surface area contributed by atoms with E-state index >= 15 is 0 Å². The van der Waals surface area contributed by atoms with Gasteiger partial charge in [-0.2, -0.15) is 11.3 Å². The summed E-state index contributed by atoms with van der Waals surface area (Å²) in [5.41, 5.74) is 4.12. The number of methoxy groups -OCH3 is 2. The highest BCUT2D eigenvalue weighted by Gasteiger charge is 2.35. The molecule has 1 aromatic carbocycles. The lowest BCUT2D eigenvalue weighted by Gasteiger charge is -2.37. The molecule has 0 N–H and O–H groups in total. The predicted octanol–water partition coefficient (Wildman–Crippen LogP) is 6.05. The van der Waals surface area contributed by atoms with Gasteiger partial charge in [-0.15, -0.1) is 22.7 Å². The van der Waals surface area contributed by atoms with Crippen LogP contribution in [0.25, 0.3) is 10.6 Å². The minimum atomic E-state index is -0.169. The van der Waals surface area contributed by atoms with Crippen LogP contribution in [0.1, 0.15) is 37.4 Å². The van der Waals surface area contributed by atoms with E-state index in [0.717, 1.165) is 38.9 Å². The first-order valence-electron chi connectivity index (χ1n) is 10.2. The number of fused-ring (bicyclic) bond motifs is 1. The van der Waals surface area contributed by atoms with Crippen LogP contribution in [0.2, 0.25) is 0 Å². The highest BCUT2D eigenvalue weighted by Crippen LogP contribution is 2.43. The molecule has 32 heavy (non-hydrogen) atoms. The number of nitrogens with zero attached hydrogens (tertiary/aromatic N) is 2. The maximum Gasteiger partial charge on any atom is 0.266 e. The molecule has 0 spiro atoms. The Bertz CT molecular complexity index is 1250. The van der Waals surface area contributed by atoms with Crippen molar-refractivity contribution in [2.75, 3.05) is 20.8 Å². The predicted molar refractivity (Wildman–Crippen MR) is 131 cm³/mol. The van der Waals surface area contributed by atoms with E-state index in [1.165, 1.54) is 16.9 Å². The lowest BCUT2D eigenvalue weighted by atomic mass is 9.90. The summed E-state index contributed by atoms with van der Waals surface area (Å²) in [4.78, 5) is 22.4. The molecule has 1 aliphatic heterocycles. The largest absolute Gasteiger partial charge is 0.493 e. The Labute approximate surface area is 198 Å². The average Bonchev–Trinajstić information content (AvgIpc) is 3.58. The maximum atomic E-state index is 13.8. The standard InChI is InChI=1S/C24H22N2O3S3/c1-14-22(32-23(25-14)16-7-10-30-13-16)24(27)26-8-6-15-11-18(28-2)19(29-3)12-17(15)21(26)20-5-4-9-31-20/h4-5,7,9-13,21H,6,8H2,1-3H3. The van der Waals surface area contributed by atoms with Crippen molar-refractivity contribution in [2.45, 2.75) is 19.4 Å². The van der Waals surface area contributed by atoms with Crippen LogP contribution >= 0.6 is 34.0 Å². The number of aromatic nitrogens is 1. The smallest absolute Gasteiger partial charge is 0.266 e. The van der Waals surface area contributed by atoms with E-state index in [-0.39, 0.29) is 11.9 Å². The SMILES string of the molecule is COc1cc2c(cc1OC)C(c1cccs1)N(C(=O)c1sc(-c3ccsc3)nc1C)CC2. The van der Waals surface area contributed by atoms with E-state index in [4.69, 9.17) is 14.5 Å². The molecule has 0 radical (unpaired) electrons. The minimum Gasteiger partial charge on any atom is -0.493 e. The number of hydrogen-bond acceptors (Lipinski definition) is 7. The topological polar surface area (TPSA) is 51.7 Å². The normalized spacial score (nSPS) is 15.5. The number of amides is 1. The molecule has 3 aromatic heterocycles. The quantitative estimate of drug-likeness (QED) is 0.348. The Hall–Kier alpha value is -2.68. The number of benzene rings is 1. The summed E-state index contributed by atoms with van der Waals surface area (Å²) in [6, 6.07) is 10.1. The van der Waals surface area contributed by atoms with Crippen molar-refractivity contribution in [3.63, 3.8) is 0 Å². The summed E-state index contributed by atoms with van der Waals surface area (Å²) in [5.74, 6) is 1.42. The monoisotopic (exact) mass is 482 g/mol. The number of hydrogen-bond donors (Lipinski definition) is 0. The molecule has 0 bridgehead atoms. The summed E-state index contributed by atoms with van der Waals surface area (Å²) in [6.07, 6.45) is 0.762. The first-order chi connectivity index (χ1) is 15.6. The molecule has 0 fully saturated rings. The molecule has 1 unspecified atom stereocenters.